The molecule has 0 saturated carbocycles. The Morgan fingerprint density at radius 1 is 1.60 bits per heavy atom. The zero-order chi connectivity index (χ0) is 13.9. The summed E-state index contributed by atoms with van der Waals surface area (Å²) in [5.41, 5.74) is 1.49. The van der Waals surface area contributed by atoms with Gasteiger partial charge in [-0.25, -0.2) is 0 Å². The molecule has 1 amide bonds. The second-order valence-electron chi connectivity index (χ2n) is 5.00. The third kappa shape index (κ3) is 2.46. The summed E-state index contributed by atoms with van der Waals surface area (Å²) in [6, 6.07) is 3.66. The first kappa shape index (κ1) is 12.9. The van der Waals surface area contributed by atoms with Crippen molar-refractivity contribution in [3.05, 3.63) is 41.6 Å². The van der Waals surface area contributed by atoms with Gasteiger partial charge in [0.15, 0.2) is 0 Å². The van der Waals surface area contributed by atoms with Crippen molar-refractivity contribution in [1.82, 2.24) is 15.1 Å². The van der Waals surface area contributed by atoms with Gasteiger partial charge in [0.25, 0.3) is 5.91 Å². The second kappa shape index (κ2) is 5.50. The van der Waals surface area contributed by atoms with Crippen molar-refractivity contribution in [2.75, 3.05) is 20.3 Å². The van der Waals surface area contributed by atoms with E-state index in [2.05, 4.69) is 10.2 Å². The van der Waals surface area contributed by atoms with Crippen LogP contribution in [0.15, 0.2) is 29.0 Å². The Labute approximate surface area is 116 Å². The molecule has 1 aliphatic heterocycles. The highest BCUT2D eigenvalue weighted by Crippen LogP contribution is 2.26. The zero-order valence-electron chi connectivity index (χ0n) is 11.3. The summed E-state index contributed by atoms with van der Waals surface area (Å²) in [6.45, 7) is 1.82. The monoisotopic (exact) mass is 275 g/mol. The zero-order valence-corrected chi connectivity index (χ0v) is 11.3. The molecule has 0 aromatic carbocycles. The van der Waals surface area contributed by atoms with Gasteiger partial charge in [0, 0.05) is 19.6 Å². The van der Waals surface area contributed by atoms with Crippen molar-refractivity contribution in [2.24, 2.45) is 0 Å². The Bertz CT molecular complexity index is 570. The average Bonchev–Trinajstić information content (AvgIpc) is 3.18. The maximum absolute atomic E-state index is 12.5. The number of H-pyrrole nitrogens is 1. The van der Waals surface area contributed by atoms with Crippen LogP contribution in [0.3, 0.4) is 0 Å². The van der Waals surface area contributed by atoms with Crippen LogP contribution in [-0.2, 0) is 11.3 Å². The summed E-state index contributed by atoms with van der Waals surface area (Å²) in [5.74, 6) is 0.931. The lowest BCUT2D eigenvalue weighted by Gasteiger charge is -2.16. The molecule has 0 bridgehead atoms. The summed E-state index contributed by atoms with van der Waals surface area (Å²) in [7, 11) is 1.76. The van der Waals surface area contributed by atoms with Crippen LogP contribution in [0.2, 0.25) is 0 Å². The Morgan fingerprint density at radius 2 is 2.50 bits per heavy atom. The van der Waals surface area contributed by atoms with Gasteiger partial charge >= 0.3 is 0 Å². The molecule has 1 saturated heterocycles. The highest BCUT2D eigenvalue weighted by molar-refractivity contribution is 5.95. The van der Waals surface area contributed by atoms with Gasteiger partial charge in [-0.2, -0.15) is 5.10 Å². The first-order chi connectivity index (χ1) is 9.75. The lowest BCUT2D eigenvalue weighted by Crippen LogP contribution is -2.27. The first-order valence-electron chi connectivity index (χ1n) is 6.64. The predicted octanol–water partition coefficient (Wildman–Crippen LogP) is 1.78. The third-order valence-corrected chi connectivity index (χ3v) is 3.56. The molecule has 1 aliphatic rings. The molecule has 20 heavy (non-hydrogen) atoms. The van der Waals surface area contributed by atoms with Crippen molar-refractivity contribution in [1.29, 1.82) is 0 Å². The fourth-order valence-electron chi connectivity index (χ4n) is 2.45. The van der Waals surface area contributed by atoms with Crippen LogP contribution in [0.4, 0.5) is 0 Å². The van der Waals surface area contributed by atoms with E-state index in [1.807, 2.05) is 12.1 Å². The van der Waals surface area contributed by atoms with Gasteiger partial charge in [-0.3, -0.25) is 9.89 Å². The summed E-state index contributed by atoms with van der Waals surface area (Å²) >= 11 is 0. The predicted molar refractivity (Wildman–Crippen MR) is 71.3 cm³/mol. The molecular formula is C14H17N3O3. The molecule has 1 fully saturated rings. The number of ether oxygens (including phenoxy) is 1. The lowest BCUT2D eigenvalue weighted by atomic mass is 10.0. The van der Waals surface area contributed by atoms with Gasteiger partial charge in [-0.05, 0) is 18.6 Å². The van der Waals surface area contributed by atoms with Crippen molar-refractivity contribution in [2.45, 2.75) is 18.9 Å². The van der Waals surface area contributed by atoms with E-state index in [-0.39, 0.29) is 11.8 Å². The van der Waals surface area contributed by atoms with Gasteiger partial charge < -0.3 is 14.1 Å². The molecule has 0 radical (unpaired) electrons. The minimum Gasteiger partial charge on any atom is -0.467 e. The van der Waals surface area contributed by atoms with Crippen LogP contribution < -0.4 is 0 Å². The number of nitrogens with zero attached hydrogens (tertiary/aromatic N) is 2. The SMILES string of the molecule is CN(Cc1ccco1)C(=O)c1cn[nH]c1[C@H]1CCOC1. The van der Waals surface area contributed by atoms with Crippen LogP contribution in [0.1, 0.15) is 34.2 Å². The maximum Gasteiger partial charge on any atom is 0.257 e. The smallest absolute Gasteiger partial charge is 0.257 e. The molecule has 6 nitrogen and oxygen atoms in total. The van der Waals surface area contributed by atoms with Gasteiger partial charge in [-0.1, -0.05) is 0 Å². The molecule has 0 unspecified atom stereocenters. The number of aromatic amines is 1. The maximum atomic E-state index is 12.5. The standard InChI is InChI=1S/C14H17N3O3/c1-17(8-11-3-2-5-20-11)14(18)12-7-15-16-13(12)10-4-6-19-9-10/h2-3,5,7,10H,4,6,8-9H2,1H3,(H,15,16)/t10-/m0/s1. The number of furan rings is 1. The number of aromatic nitrogens is 2. The molecule has 106 valence electrons. The number of carbonyl (C=O) groups excluding carboxylic acids is 1. The third-order valence-electron chi connectivity index (χ3n) is 3.56. The molecule has 1 atom stereocenters. The Morgan fingerprint density at radius 3 is 3.20 bits per heavy atom. The largest absolute Gasteiger partial charge is 0.467 e. The molecule has 2 aromatic heterocycles. The molecule has 3 heterocycles. The fraction of sp³-hybridized carbons (Fsp3) is 0.429. The number of hydrogen-bond acceptors (Lipinski definition) is 4. The minimum absolute atomic E-state index is 0.0583. The van der Waals surface area contributed by atoms with Crippen LogP contribution >= 0.6 is 0 Å². The molecule has 0 aliphatic carbocycles. The minimum atomic E-state index is -0.0583. The van der Waals surface area contributed by atoms with Crippen LogP contribution in [-0.4, -0.2) is 41.3 Å². The highest BCUT2D eigenvalue weighted by atomic mass is 16.5. The van der Waals surface area contributed by atoms with Crippen molar-refractivity contribution in [3.8, 4) is 0 Å². The summed E-state index contributed by atoms with van der Waals surface area (Å²) < 4.78 is 10.6. The Hall–Kier alpha value is -2.08. The quantitative estimate of drug-likeness (QED) is 0.923. The molecule has 2 aromatic rings. The van der Waals surface area contributed by atoms with Gasteiger partial charge in [0.2, 0.25) is 0 Å². The van der Waals surface area contributed by atoms with E-state index in [9.17, 15) is 4.79 Å². The summed E-state index contributed by atoms with van der Waals surface area (Å²) in [4.78, 5) is 14.1. The number of rotatable bonds is 4. The molecule has 0 spiro atoms. The van der Waals surface area contributed by atoms with E-state index in [1.54, 1.807) is 24.4 Å². The summed E-state index contributed by atoms with van der Waals surface area (Å²) in [6.07, 6.45) is 4.12. The van der Waals surface area contributed by atoms with Crippen LogP contribution in [0.25, 0.3) is 0 Å². The molecular weight excluding hydrogens is 258 g/mol. The van der Waals surface area contributed by atoms with E-state index < -0.39 is 0 Å². The first-order valence-corrected chi connectivity index (χ1v) is 6.64. The van der Waals surface area contributed by atoms with E-state index in [1.165, 1.54) is 0 Å². The van der Waals surface area contributed by atoms with Crippen LogP contribution in [0, 0.1) is 0 Å². The van der Waals surface area contributed by atoms with Crippen molar-refractivity contribution in [3.63, 3.8) is 0 Å². The van der Waals surface area contributed by atoms with E-state index in [4.69, 9.17) is 9.15 Å². The number of carbonyl (C=O) groups is 1. The van der Waals surface area contributed by atoms with E-state index in [0.29, 0.717) is 18.7 Å². The van der Waals surface area contributed by atoms with Gasteiger partial charge in [0.05, 0.1) is 36.9 Å². The van der Waals surface area contributed by atoms with E-state index in [0.717, 1.165) is 24.5 Å². The van der Waals surface area contributed by atoms with Gasteiger partial charge in [-0.15, -0.1) is 0 Å². The fourth-order valence-corrected chi connectivity index (χ4v) is 2.45. The topological polar surface area (TPSA) is 71.4 Å². The summed E-state index contributed by atoms with van der Waals surface area (Å²) in [5, 5.41) is 6.96. The number of amides is 1. The molecule has 3 rings (SSSR count). The van der Waals surface area contributed by atoms with Crippen molar-refractivity contribution >= 4 is 5.91 Å². The van der Waals surface area contributed by atoms with Gasteiger partial charge in [0.1, 0.15) is 5.76 Å². The highest BCUT2D eigenvalue weighted by Gasteiger charge is 2.26. The average molecular weight is 275 g/mol. The Kier molecular flexibility index (Phi) is 3.56. The van der Waals surface area contributed by atoms with Crippen molar-refractivity contribution < 1.29 is 13.9 Å². The normalized spacial score (nSPS) is 18.4. The number of hydrogen-bond donors (Lipinski definition) is 1. The second-order valence-corrected chi connectivity index (χ2v) is 5.00. The lowest BCUT2D eigenvalue weighted by molar-refractivity contribution is 0.0774. The Balaban J connectivity index is 1.75. The molecule has 6 heteroatoms. The molecule has 1 N–H and O–H groups in total. The van der Waals surface area contributed by atoms with Crippen LogP contribution in [0.5, 0.6) is 0 Å². The number of nitrogens with one attached hydrogen (secondary N) is 1. The van der Waals surface area contributed by atoms with E-state index >= 15 is 0 Å².